The smallest absolute Gasteiger partial charge is 0.315 e. The Morgan fingerprint density at radius 2 is 2.05 bits per heavy atom. The molecular weight excluding hydrogens is 236 g/mol. The van der Waals surface area contributed by atoms with Crippen molar-refractivity contribution in [1.82, 2.24) is 10.6 Å². The largest absolute Gasteiger partial charge is 0.338 e. The first kappa shape index (κ1) is 13.9. The fourth-order valence-corrected chi connectivity index (χ4v) is 2.76. The molecule has 2 N–H and O–H groups in total. The first-order chi connectivity index (χ1) is 9.29. The number of carbonyl (C=O) groups is 1. The molecule has 0 aromatic heterocycles. The van der Waals surface area contributed by atoms with E-state index in [2.05, 4.69) is 47.9 Å². The van der Waals surface area contributed by atoms with Crippen molar-refractivity contribution >= 4 is 6.03 Å². The van der Waals surface area contributed by atoms with Gasteiger partial charge < -0.3 is 10.6 Å². The Bertz CT molecular complexity index is 391. The Balaban J connectivity index is 1.74. The molecule has 2 atom stereocenters. The molecule has 0 bridgehead atoms. The lowest BCUT2D eigenvalue weighted by molar-refractivity contribution is 0.237. The standard InChI is InChI=1S/C16H24N2O/c1-2-3-11-17-16(19)18-15-10-9-14(12-15)13-7-5-4-6-8-13/h4-8,14-15H,2-3,9-12H2,1H3,(H2,17,18,19). The van der Waals surface area contributed by atoms with E-state index >= 15 is 0 Å². The van der Waals surface area contributed by atoms with Gasteiger partial charge in [0.25, 0.3) is 0 Å². The third-order valence-corrected chi connectivity index (χ3v) is 3.85. The number of unbranched alkanes of at least 4 members (excludes halogenated alkanes) is 1. The van der Waals surface area contributed by atoms with Crippen LogP contribution in [0.25, 0.3) is 0 Å². The molecule has 1 aromatic carbocycles. The van der Waals surface area contributed by atoms with Crippen LogP contribution in [0.15, 0.2) is 30.3 Å². The third kappa shape index (κ3) is 4.27. The number of urea groups is 1. The van der Waals surface area contributed by atoms with Gasteiger partial charge in [0.05, 0.1) is 0 Å². The van der Waals surface area contributed by atoms with Gasteiger partial charge in [0.15, 0.2) is 0 Å². The summed E-state index contributed by atoms with van der Waals surface area (Å²) in [4.78, 5) is 11.7. The highest BCUT2D eigenvalue weighted by Gasteiger charge is 2.26. The Labute approximate surface area is 115 Å². The van der Waals surface area contributed by atoms with Crippen LogP contribution in [0.4, 0.5) is 4.79 Å². The van der Waals surface area contributed by atoms with Crippen LogP contribution in [-0.2, 0) is 0 Å². The third-order valence-electron chi connectivity index (χ3n) is 3.85. The second kappa shape index (κ2) is 7.17. The van der Waals surface area contributed by atoms with Crippen molar-refractivity contribution in [3.05, 3.63) is 35.9 Å². The first-order valence-electron chi connectivity index (χ1n) is 7.39. The number of hydrogen-bond donors (Lipinski definition) is 2. The van der Waals surface area contributed by atoms with Crippen LogP contribution < -0.4 is 10.6 Å². The number of hydrogen-bond acceptors (Lipinski definition) is 1. The fraction of sp³-hybridized carbons (Fsp3) is 0.562. The number of carbonyl (C=O) groups excluding carboxylic acids is 1. The van der Waals surface area contributed by atoms with Gasteiger partial charge in [-0.1, -0.05) is 43.7 Å². The SMILES string of the molecule is CCCCNC(=O)NC1CCC(c2ccccc2)C1. The predicted octanol–water partition coefficient (Wildman–Crippen LogP) is 3.42. The zero-order valence-electron chi connectivity index (χ0n) is 11.7. The molecular formula is C16H24N2O. The Hall–Kier alpha value is -1.51. The number of rotatable bonds is 5. The van der Waals surface area contributed by atoms with Crippen LogP contribution in [0.5, 0.6) is 0 Å². The molecule has 0 spiro atoms. The maximum Gasteiger partial charge on any atom is 0.315 e. The van der Waals surface area contributed by atoms with E-state index in [1.807, 2.05) is 0 Å². The summed E-state index contributed by atoms with van der Waals surface area (Å²) in [6, 6.07) is 10.9. The van der Waals surface area contributed by atoms with Crippen LogP contribution in [0.2, 0.25) is 0 Å². The van der Waals surface area contributed by atoms with Crippen molar-refractivity contribution in [2.24, 2.45) is 0 Å². The van der Waals surface area contributed by atoms with Crippen LogP contribution in [0, 0.1) is 0 Å². The molecule has 1 fully saturated rings. The highest BCUT2D eigenvalue weighted by molar-refractivity contribution is 5.74. The number of nitrogens with one attached hydrogen (secondary N) is 2. The molecule has 3 heteroatoms. The second-order valence-corrected chi connectivity index (χ2v) is 5.37. The molecule has 2 rings (SSSR count). The minimum atomic E-state index is -0.00726. The lowest BCUT2D eigenvalue weighted by Crippen LogP contribution is -2.41. The van der Waals surface area contributed by atoms with Gasteiger partial charge in [-0.2, -0.15) is 0 Å². The molecule has 0 radical (unpaired) electrons. The average Bonchev–Trinajstić information content (AvgIpc) is 2.88. The van der Waals surface area contributed by atoms with Gasteiger partial charge >= 0.3 is 6.03 Å². The molecule has 19 heavy (non-hydrogen) atoms. The summed E-state index contributed by atoms with van der Waals surface area (Å²) in [7, 11) is 0. The van der Waals surface area contributed by atoms with Crippen molar-refractivity contribution in [3.63, 3.8) is 0 Å². The zero-order chi connectivity index (χ0) is 13.5. The van der Waals surface area contributed by atoms with E-state index in [4.69, 9.17) is 0 Å². The molecule has 0 heterocycles. The van der Waals surface area contributed by atoms with Gasteiger partial charge in [-0.15, -0.1) is 0 Å². The maximum atomic E-state index is 11.7. The highest BCUT2D eigenvalue weighted by atomic mass is 16.2. The Kier molecular flexibility index (Phi) is 5.25. The van der Waals surface area contributed by atoms with Crippen molar-refractivity contribution in [1.29, 1.82) is 0 Å². The highest BCUT2D eigenvalue weighted by Crippen LogP contribution is 2.34. The van der Waals surface area contributed by atoms with Gasteiger partial charge in [-0.25, -0.2) is 4.79 Å². The summed E-state index contributed by atoms with van der Waals surface area (Å²) in [6.45, 7) is 2.90. The minimum Gasteiger partial charge on any atom is -0.338 e. The van der Waals surface area contributed by atoms with Gasteiger partial charge in [0.2, 0.25) is 0 Å². The molecule has 0 saturated heterocycles. The van der Waals surface area contributed by atoms with E-state index in [1.165, 1.54) is 12.0 Å². The summed E-state index contributed by atoms with van der Waals surface area (Å²) >= 11 is 0. The maximum absolute atomic E-state index is 11.7. The van der Waals surface area contributed by atoms with Crippen LogP contribution in [-0.4, -0.2) is 18.6 Å². The quantitative estimate of drug-likeness (QED) is 0.782. The molecule has 2 amide bonds. The van der Waals surface area contributed by atoms with Crippen molar-refractivity contribution < 1.29 is 4.79 Å². The van der Waals surface area contributed by atoms with E-state index in [-0.39, 0.29) is 6.03 Å². The van der Waals surface area contributed by atoms with E-state index < -0.39 is 0 Å². The summed E-state index contributed by atoms with van der Waals surface area (Å²) in [5, 5.41) is 6.00. The van der Waals surface area contributed by atoms with Crippen LogP contribution in [0.3, 0.4) is 0 Å². The van der Waals surface area contributed by atoms with E-state index in [1.54, 1.807) is 0 Å². The fourth-order valence-electron chi connectivity index (χ4n) is 2.76. The van der Waals surface area contributed by atoms with Crippen LogP contribution >= 0.6 is 0 Å². The first-order valence-corrected chi connectivity index (χ1v) is 7.39. The monoisotopic (exact) mass is 260 g/mol. The molecule has 2 unspecified atom stereocenters. The summed E-state index contributed by atoms with van der Waals surface area (Å²) in [5.41, 5.74) is 1.40. The lowest BCUT2D eigenvalue weighted by atomic mass is 9.98. The topological polar surface area (TPSA) is 41.1 Å². The minimum absolute atomic E-state index is 0.00726. The predicted molar refractivity (Wildman–Crippen MR) is 78.3 cm³/mol. The van der Waals surface area contributed by atoms with Crippen molar-refractivity contribution in [2.45, 2.75) is 51.0 Å². The van der Waals surface area contributed by atoms with Gasteiger partial charge in [0.1, 0.15) is 0 Å². The van der Waals surface area contributed by atoms with Crippen molar-refractivity contribution in [3.8, 4) is 0 Å². The van der Waals surface area contributed by atoms with Gasteiger partial charge in [-0.05, 0) is 37.2 Å². The molecule has 3 nitrogen and oxygen atoms in total. The molecule has 1 aromatic rings. The second-order valence-electron chi connectivity index (χ2n) is 5.37. The van der Waals surface area contributed by atoms with E-state index in [0.29, 0.717) is 12.0 Å². The van der Waals surface area contributed by atoms with E-state index in [9.17, 15) is 4.79 Å². The van der Waals surface area contributed by atoms with E-state index in [0.717, 1.165) is 32.2 Å². The Morgan fingerprint density at radius 1 is 1.26 bits per heavy atom. The van der Waals surface area contributed by atoms with Crippen LogP contribution in [0.1, 0.15) is 50.5 Å². The summed E-state index contributed by atoms with van der Waals surface area (Å²) < 4.78 is 0. The zero-order valence-corrected chi connectivity index (χ0v) is 11.7. The van der Waals surface area contributed by atoms with Gasteiger partial charge in [-0.3, -0.25) is 0 Å². The normalized spacial score (nSPS) is 22.2. The average molecular weight is 260 g/mol. The molecule has 0 aliphatic heterocycles. The number of benzene rings is 1. The molecule has 1 aliphatic rings. The van der Waals surface area contributed by atoms with Crippen molar-refractivity contribution in [2.75, 3.05) is 6.54 Å². The molecule has 1 saturated carbocycles. The summed E-state index contributed by atoms with van der Waals surface area (Å²) in [6.07, 6.45) is 5.47. The summed E-state index contributed by atoms with van der Waals surface area (Å²) in [5.74, 6) is 0.599. The number of amides is 2. The molecule has 1 aliphatic carbocycles. The lowest BCUT2D eigenvalue weighted by Gasteiger charge is -2.14. The molecule has 104 valence electrons. The van der Waals surface area contributed by atoms with Gasteiger partial charge in [0, 0.05) is 12.6 Å². The Morgan fingerprint density at radius 3 is 2.79 bits per heavy atom.